The van der Waals surface area contributed by atoms with Gasteiger partial charge in [0.1, 0.15) is 5.76 Å². The van der Waals surface area contributed by atoms with Gasteiger partial charge in [-0.15, -0.1) is 0 Å². The molecular formula is C16H26N2O3. The number of carbonyl (C=O) groups is 1. The monoisotopic (exact) mass is 294 g/mol. The van der Waals surface area contributed by atoms with Crippen molar-refractivity contribution >= 4 is 6.03 Å². The molecule has 1 saturated carbocycles. The number of furan rings is 1. The van der Waals surface area contributed by atoms with Gasteiger partial charge in [-0.05, 0) is 25.0 Å². The van der Waals surface area contributed by atoms with Crippen LogP contribution in [-0.4, -0.2) is 37.2 Å². The highest BCUT2D eigenvalue weighted by molar-refractivity contribution is 5.74. The van der Waals surface area contributed by atoms with Gasteiger partial charge in [-0.3, -0.25) is 0 Å². The second-order valence-electron chi connectivity index (χ2n) is 5.63. The van der Waals surface area contributed by atoms with Crippen molar-refractivity contribution in [1.82, 2.24) is 10.2 Å². The molecule has 1 aliphatic carbocycles. The minimum atomic E-state index is -0.0182. The van der Waals surface area contributed by atoms with Gasteiger partial charge < -0.3 is 19.4 Å². The summed E-state index contributed by atoms with van der Waals surface area (Å²) in [6.07, 6.45) is 8.79. The van der Waals surface area contributed by atoms with E-state index in [1.807, 2.05) is 12.1 Å². The van der Waals surface area contributed by atoms with Gasteiger partial charge in [0.25, 0.3) is 0 Å². The lowest BCUT2D eigenvalue weighted by Gasteiger charge is -2.25. The van der Waals surface area contributed by atoms with Gasteiger partial charge in [-0.25, -0.2) is 4.79 Å². The predicted octanol–water partition coefficient (Wildman–Crippen LogP) is 3.16. The second-order valence-corrected chi connectivity index (χ2v) is 5.63. The highest BCUT2D eigenvalue weighted by Gasteiger charge is 2.20. The van der Waals surface area contributed by atoms with Crippen LogP contribution in [0.5, 0.6) is 0 Å². The Morgan fingerprint density at radius 2 is 2.14 bits per heavy atom. The first kappa shape index (κ1) is 15.9. The van der Waals surface area contributed by atoms with Crippen molar-refractivity contribution in [3.63, 3.8) is 0 Å². The summed E-state index contributed by atoms with van der Waals surface area (Å²) in [5.74, 6) is 0.794. The highest BCUT2D eigenvalue weighted by Crippen LogP contribution is 2.17. The Balaban J connectivity index is 1.89. The first-order valence-corrected chi connectivity index (χ1v) is 7.86. The number of nitrogens with zero attached hydrogens (tertiary/aromatic N) is 1. The summed E-state index contributed by atoms with van der Waals surface area (Å²) in [4.78, 5) is 14.2. The Morgan fingerprint density at radius 3 is 2.76 bits per heavy atom. The van der Waals surface area contributed by atoms with E-state index < -0.39 is 0 Å². The lowest BCUT2D eigenvalue weighted by molar-refractivity contribution is 0.140. The Kier molecular flexibility index (Phi) is 6.60. The molecule has 5 nitrogen and oxygen atoms in total. The van der Waals surface area contributed by atoms with E-state index in [1.54, 1.807) is 18.3 Å². The summed E-state index contributed by atoms with van der Waals surface area (Å²) >= 11 is 0. The van der Waals surface area contributed by atoms with E-state index in [0.29, 0.717) is 25.7 Å². The number of methoxy groups -OCH3 is 1. The largest absolute Gasteiger partial charge is 0.467 e. The van der Waals surface area contributed by atoms with Crippen molar-refractivity contribution in [2.75, 3.05) is 20.3 Å². The molecule has 2 amide bonds. The summed E-state index contributed by atoms with van der Waals surface area (Å²) in [5, 5.41) is 3.17. The zero-order valence-corrected chi connectivity index (χ0v) is 12.8. The van der Waals surface area contributed by atoms with E-state index in [-0.39, 0.29) is 6.03 Å². The Hall–Kier alpha value is -1.49. The Bertz CT molecular complexity index is 398. The van der Waals surface area contributed by atoms with Gasteiger partial charge in [-0.2, -0.15) is 0 Å². The van der Waals surface area contributed by atoms with Crippen LogP contribution in [0.15, 0.2) is 22.8 Å². The number of nitrogens with one attached hydrogen (secondary N) is 1. The molecule has 0 spiro atoms. The summed E-state index contributed by atoms with van der Waals surface area (Å²) in [5.41, 5.74) is 0. The first-order valence-electron chi connectivity index (χ1n) is 7.86. The number of urea groups is 1. The molecule has 21 heavy (non-hydrogen) atoms. The number of amides is 2. The van der Waals surface area contributed by atoms with Crippen molar-refractivity contribution in [3.8, 4) is 0 Å². The van der Waals surface area contributed by atoms with Crippen molar-refractivity contribution in [3.05, 3.63) is 24.2 Å². The zero-order valence-electron chi connectivity index (χ0n) is 12.8. The van der Waals surface area contributed by atoms with Crippen molar-refractivity contribution in [2.45, 2.75) is 51.1 Å². The second kappa shape index (κ2) is 8.72. The average molecular weight is 294 g/mol. The van der Waals surface area contributed by atoms with Crippen LogP contribution in [0.4, 0.5) is 4.79 Å². The van der Waals surface area contributed by atoms with Gasteiger partial charge >= 0.3 is 6.03 Å². The summed E-state index contributed by atoms with van der Waals surface area (Å²) < 4.78 is 10.4. The van der Waals surface area contributed by atoms with E-state index in [0.717, 1.165) is 18.6 Å². The molecule has 0 saturated heterocycles. The predicted molar refractivity (Wildman–Crippen MR) is 81.0 cm³/mol. The molecule has 0 radical (unpaired) electrons. The average Bonchev–Trinajstić information content (AvgIpc) is 2.86. The maximum absolute atomic E-state index is 12.5. The molecule has 118 valence electrons. The minimum Gasteiger partial charge on any atom is -0.467 e. The van der Waals surface area contributed by atoms with E-state index >= 15 is 0 Å². The molecule has 1 aromatic rings. The topological polar surface area (TPSA) is 54.7 Å². The van der Waals surface area contributed by atoms with Gasteiger partial charge in [0.2, 0.25) is 0 Å². The zero-order chi connectivity index (χ0) is 14.9. The highest BCUT2D eigenvalue weighted by atomic mass is 16.5. The third-order valence-corrected chi connectivity index (χ3v) is 3.96. The van der Waals surface area contributed by atoms with Crippen LogP contribution in [0, 0.1) is 0 Å². The first-order chi connectivity index (χ1) is 10.3. The van der Waals surface area contributed by atoms with E-state index in [4.69, 9.17) is 9.15 Å². The number of hydrogen-bond acceptors (Lipinski definition) is 3. The van der Waals surface area contributed by atoms with Crippen LogP contribution in [0.2, 0.25) is 0 Å². The van der Waals surface area contributed by atoms with Crippen LogP contribution in [0.3, 0.4) is 0 Å². The maximum atomic E-state index is 12.5. The van der Waals surface area contributed by atoms with Crippen LogP contribution >= 0.6 is 0 Å². The summed E-state index contributed by atoms with van der Waals surface area (Å²) in [7, 11) is 1.65. The fourth-order valence-corrected chi connectivity index (χ4v) is 2.73. The van der Waals surface area contributed by atoms with Crippen LogP contribution in [0.1, 0.15) is 44.3 Å². The number of ether oxygens (including phenoxy) is 1. The molecule has 1 aliphatic rings. The number of carbonyl (C=O) groups excluding carboxylic acids is 1. The third-order valence-electron chi connectivity index (χ3n) is 3.96. The van der Waals surface area contributed by atoms with Crippen LogP contribution in [-0.2, 0) is 11.3 Å². The van der Waals surface area contributed by atoms with E-state index in [2.05, 4.69) is 5.32 Å². The molecule has 1 heterocycles. The molecule has 1 aromatic heterocycles. The molecule has 1 fully saturated rings. The maximum Gasteiger partial charge on any atom is 0.318 e. The van der Waals surface area contributed by atoms with Crippen LogP contribution < -0.4 is 5.32 Å². The summed E-state index contributed by atoms with van der Waals surface area (Å²) in [6.45, 7) is 1.57. The molecule has 2 rings (SSSR count). The van der Waals surface area contributed by atoms with Crippen molar-refractivity contribution in [1.29, 1.82) is 0 Å². The molecule has 0 aromatic carbocycles. The SMILES string of the molecule is COCCN(Cc1ccco1)C(=O)NC1CCCCCC1. The fourth-order valence-electron chi connectivity index (χ4n) is 2.73. The van der Waals surface area contributed by atoms with Crippen molar-refractivity contribution in [2.24, 2.45) is 0 Å². The number of hydrogen-bond donors (Lipinski definition) is 1. The number of rotatable bonds is 6. The molecule has 0 bridgehead atoms. The van der Waals surface area contributed by atoms with Gasteiger partial charge in [-0.1, -0.05) is 25.7 Å². The Morgan fingerprint density at radius 1 is 1.38 bits per heavy atom. The fraction of sp³-hybridized carbons (Fsp3) is 0.688. The lowest BCUT2D eigenvalue weighted by atomic mass is 10.1. The standard InChI is InChI=1S/C16H26N2O3/c1-20-12-10-18(13-15-9-6-11-21-15)16(19)17-14-7-4-2-3-5-8-14/h6,9,11,14H,2-5,7-8,10,12-13H2,1H3,(H,17,19). The van der Waals surface area contributed by atoms with Gasteiger partial charge in [0.15, 0.2) is 0 Å². The molecule has 0 unspecified atom stereocenters. The van der Waals surface area contributed by atoms with Crippen molar-refractivity contribution < 1.29 is 13.9 Å². The van der Waals surface area contributed by atoms with Gasteiger partial charge in [0, 0.05) is 19.7 Å². The van der Waals surface area contributed by atoms with E-state index in [1.165, 1.54) is 25.7 Å². The summed E-state index contributed by atoms with van der Waals surface area (Å²) in [6, 6.07) is 4.02. The molecule has 0 aliphatic heterocycles. The smallest absolute Gasteiger partial charge is 0.318 e. The third kappa shape index (κ3) is 5.42. The molecule has 5 heteroatoms. The quantitative estimate of drug-likeness (QED) is 0.820. The van der Waals surface area contributed by atoms with Gasteiger partial charge in [0.05, 0.1) is 19.4 Å². The lowest BCUT2D eigenvalue weighted by Crippen LogP contribution is -2.45. The molecule has 1 N–H and O–H groups in total. The van der Waals surface area contributed by atoms with E-state index in [9.17, 15) is 4.79 Å². The molecule has 0 atom stereocenters. The normalized spacial score (nSPS) is 16.4. The Labute approximate surface area is 126 Å². The minimum absolute atomic E-state index is 0.0182. The van der Waals surface area contributed by atoms with Crippen LogP contribution in [0.25, 0.3) is 0 Å². The molecular weight excluding hydrogens is 268 g/mol.